The molecule has 0 radical (unpaired) electrons. The smallest absolute Gasteiger partial charge is 0.261 e. The summed E-state index contributed by atoms with van der Waals surface area (Å²) in [5.41, 5.74) is 4.04. The molecule has 1 heterocycles. The Hall–Kier alpha value is -2.20. The molecule has 4 nitrogen and oxygen atoms in total. The van der Waals surface area contributed by atoms with Crippen LogP contribution < -0.4 is 5.56 Å². The van der Waals surface area contributed by atoms with Crippen LogP contribution in [0.4, 0.5) is 0 Å². The highest BCUT2D eigenvalue weighted by molar-refractivity contribution is 5.76. The fourth-order valence-electron chi connectivity index (χ4n) is 2.52. The fourth-order valence-corrected chi connectivity index (χ4v) is 2.52. The number of hydrogen-bond acceptors (Lipinski definition) is 3. The summed E-state index contributed by atoms with van der Waals surface area (Å²) in [7, 11) is 1.64. The molecule has 0 fully saturated rings. The molecular formula is C18H21NO3. The molecule has 0 unspecified atom stereocenters. The molecule has 0 N–H and O–H groups in total. The highest BCUT2D eigenvalue weighted by atomic mass is 16.5. The zero-order chi connectivity index (χ0) is 16.1. The number of carbonyl (C=O) groups excluding carboxylic acids is 1. The number of rotatable bonds is 6. The minimum atomic E-state index is -0.246. The first-order chi connectivity index (χ1) is 10.6. The summed E-state index contributed by atoms with van der Waals surface area (Å²) in [5, 5.41) is 0. The van der Waals surface area contributed by atoms with Gasteiger partial charge in [-0.05, 0) is 44.0 Å². The Morgan fingerprint density at radius 3 is 2.64 bits per heavy atom. The van der Waals surface area contributed by atoms with Crippen molar-refractivity contribution in [3.63, 3.8) is 0 Å². The quantitative estimate of drug-likeness (QED) is 0.608. The van der Waals surface area contributed by atoms with Gasteiger partial charge in [0.25, 0.3) is 5.56 Å². The van der Waals surface area contributed by atoms with E-state index in [0.29, 0.717) is 19.4 Å². The van der Waals surface area contributed by atoms with Crippen LogP contribution in [0, 0.1) is 13.8 Å². The number of nitrogens with zero attached hydrogens (tertiary/aromatic N) is 1. The van der Waals surface area contributed by atoms with Crippen LogP contribution in [0.3, 0.4) is 0 Å². The van der Waals surface area contributed by atoms with Crippen LogP contribution in [0.25, 0.3) is 11.3 Å². The zero-order valence-electron chi connectivity index (χ0n) is 13.3. The van der Waals surface area contributed by atoms with Crippen LogP contribution in [0.1, 0.15) is 27.9 Å². The molecule has 1 aromatic heterocycles. The zero-order valence-corrected chi connectivity index (χ0v) is 13.3. The van der Waals surface area contributed by atoms with E-state index in [0.717, 1.165) is 28.8 Å². The molecule has 0 aliphatic rings. The van der Waals surface area contributed by atoms with Gasteiger partial charge in [0.05, 0.1) is 11.3 Å². The molecule has 0 saturated heterocycles. The number of hydrogen-bond donors (Lipinski definition) is 0. The molecule has 0 aliphatic carbocycles. The van der Waals surface area contributed by atoms with Gasteiger partial charge >= 0.3 is 0 Å². The molecule has 2 rings (SSSR count). The lowest BCUT2D eigenvalue weighted by atomic mass is 10.0. The molecule has 0 bridgehead atoms. The average molecular weight is 299 g/mol. The molecule has 0 amide bonds. The summed E-state index contributed by atoms with van der Waals surface area (Å²) < 4.78 is 6.73. The average Bonchev–Trinajstić information content (AvgIpc) is 2.51. The Balaban J connectivity index is 2.59. The highest BCUT2D eigenvalue weighted by Gasteiger charge is 2.12. The molecule has 1 aromatic carbocycles. The third kappa shape index (κ3) is 3.34. The summed E-state index contributed by atoms with van der Waals surface area (Å²) in [4.78, 5) is 23.5. The van der Waals surface area contributed by atoms with Gasteiger partial charge < -0.3 is 9.30 Å². The van der Waals surface area contributed by atoms with Crippen molar-refractivity contribution in [2.45, 2.75) is 26.8 Å². The molecule has 2 aromatic rings. The van der Waals surface area contributed by atoms with E-state index in [1.165, 1.54) is 0 Å². The Labute approximate surface area is 130 Å². The first kappa shape index (κ1) is 16.2. The maximum atomic E-state index is 12.5. The second kappa shape index (κ2) is 7.18. The summed E-state index contributed by atoms with van der Waals surface area (Å²) >= 11 is 0. The van der Waals surface area contributed by atoms with Gasteiger partial charge in [-0.25, -0.2) is 0 Å². The number of methoxy groups -OCH3 is 1. The number of aldehydes is 1. The van der Waals surface area contributed by atoms with Gasteiger partial charge in [-0.3, -0.25) is 9.59 Å². The van der Waals surface area contributed by atoms with Gasteiger partial charge in [0.1, 0.15) is 0 Å². The van der Waals surface area contributed by atoms with Crippen LogP contribution in [-0.2, 0) is 11.3 Å². The summed E-state index contributed by atoms with van der Waals surface area (Å²) in [6.45, 7) is 5.14. The van der Waals surface area contributed by atoms with Gasteiger partial charge in [-0.1, -0.05) is 17.7 Å². The second-order valence-electron chi connectivity index (χ2n) is 5.41. The number of carbonyl (C=O) groups is 1. The highest BCUT2D eigenvalue weighted by Crippen LogP contribution is 2.24. The maximum absolute atomic E-state index is 12.5. The van der Waals surface area contributed by atoms with Crippen LogP contribution in [0.15, 0.2) is 35.1 Å². The Morgan fingerprint density at radius 1 is 1.18 bits per heavy atom. The Kier molecular flexibility index (Phi) is 5.28. The minimum absolute atomic E-state index is 0.187. The third-order valence-electron chi connectivity index (χ3n) is 3.73. The summed E-state index contributed by atoms with van der Waals surface area (Å²) in [6, 6.07) is 9.60. The molecule has 4 heteroatoms. The fraction of sp³-hybridized carbons (Fsp3) is 0.333. The van der Waals surface area contributed by atoms with Crippen molar-refractivity contribution < 1.29 is 9.53 Å². The van der Waals surface area contributed by atoms with Crippen molar-refractivity contribution in [3.8, 4) is 11.3 Å². The van der Waals surface area contributed by atoms with E-state index in [-0.39, 0.29) is 11.1 Å². The normalized spacial score (nSPS) is 10.7. The van der Waals surface area contributed by atoms with Gasteiger partial charge in [0, 0.05) is 25.8 Å². The predicted molar refractivity (Wildman–Crippen MR) is 87.5 cm³/mol. The lowest BCUT2D eigenvalue weighted by molar-refractivity contribution is 0.112. The maximum Gasteiger partial charge on any atom is 0.261 e. The van der Waals surface area contributed by atoms with Crippen LogP contribution in [-0.4, -0.2) is 24.6 Å². The molecular weight excluding hydrogens is 278 g/mol. The van der Waals surface area contributed by atoms with Gasteiger partial charge in [-0.15, -0.1) is 0 Å². The van der Waals surface area contributed by atoms with Crippen molar-refractivity contribution in [2.24, 2.45) is 0 Å². The third-order valence-corrected chi connectivity index (χ3v) is 3.73. The molecule has 22 heavy (non-hydrogen) atoms. The van der Waals surface area contributed by atoms with Crippen LogP contribution in [0.2, 0.25) is 0 Å². The topological polar surface area (TPSA) is 48.3 Å². The van der Waals surface area contributed by atoms with Crippen molar-refractivity contribution in [1.29, 1.82) is 0 Å². The molecule has 116 valence electrons. The summed E-state index contributed by atoms with van der Waals surface area (Å²) in [6.07, 6.45) is 1.33. The number of pyridine rings is 1. The predicted octanol–water partition coefficient (Wildman–Crippen LogP) is 2.98. The van der Waals surface area contributed by atoms with Crippen molar-refractivity contribution in [3.05, 3.63) is 57.4 Å². The van der Waals surface area contributed by atoms with Crippen molar-refractivity contribution >= 4 is 6.29 Å². The van der Waals surface area contributed by atoms with E-state index in [2.05, 4.69) is 6.07 Å². The SMILES string of the molecule is COCCCn1c(-c2cc(C)ccc2C)ccc(C=O)c1=O. The van der Waals surface area contributed by atoms with Gasteiger partial charge in [0.2, 0.25) is 0 Å². The molecule has 0 saturated carbocycles. The molecule has 0 aliphatic heterocycles. The van der Waals surface area contributed by atoms with E-state index in [4.69, 9.17) is 4.74 Å². The summed E-state index contributed by atoms with van der Waals surface area (Å²) in [5.74, 6) is 0. The monoisotopic (exact) mass is 299 g/mol. The van der Waals surface area contributed by atoms with Crippen LogP contribution >= 0.6 is 0 Å². The minimum Gasteiger partial charge on any atom is -0.385 e. The van der Waals surface area contributed by atoms with E-state index in [9.17, 15) is 9.59 Å². The second-order valence-corrected chi connectivity index (χ2v) is 5.41. The number of aromatic nitrogens is 1. The molecule has 0 atom stereocenters. The van der Waals surface area contributed by atoms with Crippen LogP contribution in [0.5, 0.6) is 0 Å². The Bertz CT molecular complexity index is 732. The van der Waals surface area contributed by atoms with Gasteiger partial charge in [0.15, 0.2) is 6.29 Å². The van der Waals surface area contributed by atoms with E-state index in [1.807, 2.05) is 32.0 Å². The van der Waals surface area contributed by atoms with Crippen molar-refractivity contribution in [2.75, 3.05) is 13.7 Å². The van der Waals surface area contributed by atoms with E-state index >= 15 is 0 Å². The lowest BCUT2D eigenvalue weighted by Crippen LogP contribution is -2.25. The Morgan fingerprint density at radius 2 is 1.95 bits per heavy atom. The van der Waals surface area contributed by atoms with Crippen molar-refractivity contribution in [1.82, 2.24) is 4.57 Å². The molecule has 0 spiro atoms. The lowest BCUT2D eigenvalue weighted by Gasteiger charge is -2.16. The van der Waals surface area contributed by atoms with E-state index < -0.39 is 0 Å². The number of aryl methyl sites for hydroxylation is 2. The standard InChI is InChI=1S/C18H21NO3/c1-13-5-6-14(2)16(11-13)17-8-7-15(12-20)18(21)19(17)9-4-10-22-3/h5-8,11-12H,4,9-10H2,1-3H3. The number of ether oxygens (including phenoxy) is 1. The first-order valence-corrected chi connectivity index (χ1v) is 7.34. The van der Waals surface area contributed by atoms with Gasteiger partial charge in [-0.2, -0.15) is 0 Å². The van der Waals surface area contributed by atoms with E-state index in [1.54, 1.807) is 17.7 Å². The largest absolute Gasteiger partial charge is 0.385 e. The number of benzene rings is 1. The first-order valence-electron chi connectivity index (χ1n) is 7.34.